The number of aromatic nitrogens is 4. The quantitative estimate of drug-likeness (QED) is 0.631. The number of aryl methyl sites for hydroxylation is 1. The summed E-state index contributed by atoms with van der Waals surface area (Å²) in [7, 11) is 1.97. The van der Waals surface area contributed by atoms with E-state index in [2.05, 4.69) is 20.6 Å². The lowest BCUT2D eigenvalue weighted by Crippen LogP contribution is -2.37. The van der Waals surface area contributed by atoms with Crippen LogP contribution in [-0.2, 0) is 36.1 Å². The second-order valence-electron chi connectivity index (χ2n) is 8.99. The first-order chi connectivity index (χ1) is 14.8. The summed E-state index contributed by atoms with van der Waals surface area (Å²) in [4.78, 5) is 35.0. The summed E-state index contributed by atoms with van der Waals surface area (Å²) in [5.41, 5.74) is 3.59. The molecule has 3 aromatic heterocycles. The van der Waals surface area contributed by atoms with Crippen LogP contribution in [0.2, 0.25) is 0 Å². The third-order valence-corrected chi connectivity index (χ3v) is 6.37. The summed E-state index contributed by atoms with van der Waals surface area (Å²) < 4.78 is 4.20. The number of fused-ring (bicyclic) bond motifs is 3. The lowest BCUT2D eigenvalue weighted by atomic mass is 9.87. The fourth-order valence-corrected chi connectivity index (χ4v) is 4.29. The highest BCUT2D eigenvalue weighted by molar-refractivity contribution is 5.84. The molecule has 0 spiro atoms. The monoisotopic (exact) mass is 423 g/mol. The van der Waals surface area contributed by atoms with E-state index in [1.54, 1.807) is 26.4 Å². The minimum atomic E-state index is -0.824. The van der Waals surface area contributed by atoms with E-state index in [4.69, 9.17) is 0 Å². The Balaban J connectivity index is 1.55. The average molecular weight is 424 g/mol. The first-order valence-corrected chi connectivity index (χ1v) is 10.7. The van der Waals surface area contributed by atoms with Crippen molar-refractivity contribution < 1.29 is 14.7 Å². The van der Waals surface area contributed by atoms with Crippen molar-refractivity contribution in [2.75, 3.05) is 6.54 Å². The SMILES string of the molecule is Cn1cncc1Cn1c2c(c3cccnc31)CCN(C(=O)CCCC(C)(C)C(=O)O)C2. The summed E-state index contributed by atoms with van der Waals surface area (Å²) in [6.45, 7) is 5.28. The maximum atomic E-state index is 12.9. The molecule has 0 unspecified atom stereocenters. The lowest BCUT2D eigenvalue weighted by Gasteiger charge is -2.29. The number of nitrogens with zero attached hydrogens (tertiary/aromatic N) is 5. The average Bonchev–Trinajstić information content (AvgIpc) is 3.29. The van der Waals surface area contributed by atoms with E-state index < -0.39 is 11.4 Å². The Labute approximate surface area is 181 Å². The van der Waals surface area contributed by atoms with Crippen LogP contribution in [0.3, 0.4) is 0 Å². The summed E-state index contributed by atoms with van der Waals surface area (Å²) >= 11 is 0. The van der Waals surface area contributed by atoms with Crippen LogP contribution in [0.5, 0.6) is 0 Å². The minimum absolute atomic E-state index is 0.0807. The fourth-order valence-electron chi connectivity index (χ4n) is 4.29. The molecule has 3 aromatic rings. The first-order valence-electron chi connectivity index (χ1n) is 10.7. The second-order valence-corrected chi connectivity index (χ2v) is 8.99. The number of hydrogen-bond donors (Lipinski definition) is 1. The molecule has 0 aromatic carbocycles. The first kappa shape index (κ1) is 21.1. The lowest BCUT2D eigenvalue weighted by molar-refractivity contribution is -0.147. The van der Waals surface area contributed by atoms with Gasteiger partial charge in [0.05, 0.1) is 30.5 Å². The van der Waals surface area contributed by atoms with Crippen molar-refractivity contribution in [3.63, 3.8) is 0 Å². The number of carbonyl (C=O) groups is 2. The van der Waals surface area contributed by atoms with Gasteiger partial charge in [0.1, 0.15) is 5.65 Å². The van der Waals surface area contributed by atoms with Gasteiger partial charge in [-0.05, 0) is 50.8 Å². The molecule has 0 saturated carbocycles. The molecule has 164 valence electrons. The Morgan fingerprint density at radius 3 is 2.81 bits per heavy atom. The Hall–Kier alpha value is -3.16. The highest BCUT2D eigenvalue weighted by Gasteiger charge is 2.29. The van der Waals surface area contributed by atoms with Crippen molar-refractivity contribution in [3.8, 4) is 0 Å². The molecule has 0 radical (unpaired) electrons. The Bertz CT molecular complexity index is 1130. The number of imidazole rings is 1. The Kier molecular flexibility index (Phi) is 5.56. The van der Waals surface area contributed by atoms with Crippen LogP contribution < -0.4 is 0 Å². The number of rotatable bonds is 7. The summed E-state index contributed by atoms with van der Waals surface area (Å²) in [6.07, 6.45) is 7.67. The van der Waals surface area contributed by atoms with Crippen LogP contribution in [0.15, 0.2) is 30.9 Å². The van der Waals surface area contributed by atoms with Crippen LogP contribution in [0.4, 0.5) is 0 Å². The van der Waals surface area contributed by atoms with Crippen molar-refractivity contribution >= 4 is 22.9 Å². The van der Waals surface area contributed by atoms with Gasteiger partial charge in [0.2, 0.25) is 5.91 Å². The van der Waals surface area contributed by atoms with Gasteiger partial charge in [0, 0.05) is 43.5 Å². The Morgan fingerprint density at radius 1 is 1.29 bits per heavy atom. The van der Waals surface area contributed by atoms with Gasteiger partial charge >= 0.3 is 5.97 Å². The molecule has 1 N–H and O–H groups in total. The number of pyridine rings is 1. The second kappa shape index (κ2) is 8.17. The van der Waals surface area contributed by atoms with E-state index in [1.807, 2.05) is 28.8 Å². The highest BCUT2D eigenvalue weighted by atomic mass is 16.4. The highest BCUT2D eigenvalue weighted by Crippen LogP contribution is 2.31. The zero-order valence-electron chi connectivity index (χ0n) is 18.3. The smallest absolute Gasteiger partial charge is 0.309 e. The number of carbonyl (C=O) groups excluding carboxylic acids is 1. The Morgan fingerprint density at radius 2 is 2.10 bits per heavy atom. The van der Waals surface area contributed by atoms with Crippen LogP contribution in [0.1, 0.15) is 50.1 Å². The summed E-state index contributed by atoms with van der Waals surface area (Å²) in [5.74, 6) is -0.744. The summed E-state index contributed by atoms with van der Waals surface area (Å²) in [6, 6.07) is 4.06. The van der Waals surface area contributed by atoms with E-state index in [-0.39, 0.29) is 5.91 Å². The van der Waals surface area contributed by atoms with Gasteiger partial charge in [-0.2, -0.15) is 0 Å². The maximum absolute atomic E-state index is 12.9. The van der Waals surface area contributed by atoms with Crippen LogP contribution in [-0.4, -0.2) is 47.5 Å². The van der Waals surface area contributed by atoms with Crippen molar-refractivity contribution in [1.82, 2.24) is 24.0 Å². The van der Waals surface area contributed by atoms with Crippen molar-refractivity contribution in [2.45, 2.75) is 52.6 Å². The van der Waals surface area contributed by atoms with Gasteiger partial charge in [-0.3, -0.25) is 9.59 Å². The zero-order valence-corrected chi connectivity index (χ0v) is 18.3. The molecule has 0 saturated heterocycles. The molecular formula is C23H29N5O3. The molecule has 0 atom stereocenters. The molecule has 4 rings (SSSR count). The number of carboxylic acid groups (broad SMARTS) is 1. The number of carboxylic acids is 1. The van der Waals surface area contributed by atoms with E-state index in [0.29, 0.717) is 38.9 Å². The largest absolute Gasteiger partial charge is 0.481 e. The van der Waals surface area contributed by atoms with Gasteiger partial charge < -0.3 is 19.1 Å². The molecule has 8 nitrogen and oxygen atoms in total. The topological polar surface area (TPSA) is 93.3 Å². The van der Waals surface area contributed by atoms with Crippen molar-refractivity contribution in [2.24, 2.45) is 12.5 Å². The van der Waals surface area contributed by atoms with E-state index in [1.165, 1.54) is 5.56 Å². The molecule has 8 heteroatoms. The predicted octanol–water partition coefficient (Wildman–Crippen LogP) is 2.98. The molecule has 0 fully saturated rings. The third kappa shape index (κ3) is 4.06. The normalized spacial score (nSPS) is 14.1. The third-order valence-electron chi connectivity index (χ3n) is 6.37. The molecule has 1 amide bonds. The molecule has 0 bridgehead atoms. The zero-order chi connectivity index (χ0) is 22.2. The minimum Gasteiger partial charge on any atom is -0.481 e. The van der Waals surface area contributed by atoms with E-state index >= 15 is 0 Å². The van der Waals surface area contributed by atoms with E-state index in [9.17, 15) is 14.7 Å². The number of aliphatic carboxylic acids is 1. The van der Waals surface area contributed by atoms with E-state index in [0.717, 1.165) is 28.8 Å². The van der Waals surface area contributed by atoms with Gasteiger partial charge in [0.25, 0.3) is 0 Å². The van der Waals surface area contributed by atoms with Crippen LogP contribution in [0, 0.1) is 5.41 Å². The van der Waals surface area contributed by atoms with Crippen LogP contribution >= 0.6 is 0 Å². The number of amides is 1. The van der Waals surface area contributed by atoms with Gasteiger partial charge in [-0.15, -0.1) is 0 Å². The standard InChI is InChI=1S/C23H29N5O3/c1-23(2,22(30)31)9-4-7-20(29)27-11-8-17-18-6-5-10-25-21(18)28(19(17)14-27)13-16-12-24-15-26(16)3/h5-6,10,12,15H,4,7-9,11,13-14H2,1-3H3,(H,30,31). The molecule has 1 aliphatic heterocycles. The molecule has 0 aliphatic carbocycles. The molecule has 1 aliphatic rings. The van der Waals surface area contributed by atoms with Gasteiger partial charge in [-0.1, -0.05) is 0 Å². The maximum Gasteiger partial charge on any atom is 0.309 e. The van der Waals surface area contributed by atoms with Crippen molar-refractivity contribution in [1.29, 1.82) is 0 Å². The summed E-state index contributed by atoms with van der Waals surface area (Å²) in [5, 5.41) is 10.4. The van der Waals surface area contributed by atoms with Gasteiger partial charge in [0.15, 0.2) is 0 Å². The fraction of sp³-hybridized carbons (Fsp3) is 0.478. The van der Waals surface area contributed by atoms with Crippen molar-refractivity contribution in [3.05, 3.63) is 47.8 Å². The predicted molar refractivity (Wildman–Crippen MR) is 116 cm³/mol. The number of hydrogen-bond acceptors (Lipinski definition) is 4. The van der Waals surface area contributed by atoms with Gasteiger partial charge in [-0.25, -0.2) is 9.97 Å². The molecule has 4 heterocycles. The molecular weight excluding hydrogens is 394 g/mol. The van der Waals surface area contributed by atoms with Crippen LogP contribution in [0.25, 0.3) is 11.0 Å². The molecule has 31 heavy (non-hydrogen) atoms.